The molecule has 1 fully saturated rings. The van der Waals surface area contributed by atoms with Crippen LogP contribution >= 0.6 is 11.6 Å². The van der Waals surface area contributed by atoms with Crippen molar-refractivity contribution in [2.75, 3.05) is 37.6 Å². The van der Waals surface area contributed by atoms with Crippen LogP contribution < -0.4 is 10.6 Å². The molecule has 4 rings (SSSR count). The normalized spacial score (nSPS) is 14.9. The smallest absolute Gasteiger partial charge is 0.329 e. The van der Waals surface area contributed by atoms with Crippen molar-refractivity contribution in [3.8, 4) is 0 Å². The van der Waals surface area contributed by atoms with Gasteiger partial charge in [0.1, 0.15) is 0 Å². The summed E-state index contributed by atoms with van der Waals surface area (Å²) in [7, 11) is 0. The summed E-state index contributed by atoms with van der Waals surface area (Å²) in [4.78, 5) is 18.1. The van der Waals surface area contributed by atoms with Gasteiger partial charge >= 0.3 is 5.69 Å². The first-order chi connectivity index (χ1) is 16.2. The number of rotatable bonds is 11. The van der Waals surface area contributed by atoms with Gasteiger partial charge in [-0.25, -0.2) is 4.79 Å². The first-order valence-electron chi connectivity index (χ1n) is 12.6. The second-order valence-corrected chi connectivity index (χ2v) is 9.59. The summed E-state index contributed by atoms with van der Waals surface area (Å²) in [5.74, 6) is 0. The molecule has 1 aliphatic heterocycles. The molecule has 3 aromatic rings. The third-order valence-electron chi connectivity index (χ3n) is 6.81. The van der Waals surface area contributed by atoms with Crippen molar-refractivity contribution < 1.29 is 0 Å². The van der Waals surface area contributed by atoms with Crippen molar-refractivity contribution in [3.63, 3.8) is 0 Å². The zero-order chi connectivity index (χ0) is 23.0. The van der Waals surface area contributed by atoms with Gasteiger partial charge in [0.25, 0.3) is 0 Å². The molecular weight excluding hydrogens is 432 g/mol. The van der Waals surface area contributed by atoms with E-state index in [9.17, 15) is 4.79 Å². The fraction of sp³-hybridized carbons (Fsp3) is 0.519. The number of hydrogen-bond donors (Lipinski definition) is 0. The Labute approximate surface area is 202 Å². The van der Waals surface area contributed by atoms with Crippen LogP contribution in [0.15, 0.2) is 53.3 Å². The summed E-state index contributed by atoms with van der Waals surface area (Å²) in [6.45, 7) is 9.14. The van der Waals surface area contributed by atoms with Gasteiger partial charge in [0.15, 0.2) is 0 Å². The minimum Gasteiger partial charge on any atom is -0.369 e. The average Bonchev–Trinajstić information content (AvgIpc) is 3.10. The number of piperazine rings is 1. The summed E-state index contributed by atoms with van der Waals surface area (Å²) in [5.41, 5.74) is 3.53. The van der Waals surface area contributed by atoms with E-state index in [1.54, 1.807) is 0 Å². The molecule has 6 heteroatoms. The standard InChI is InChI=1S/C27H37ClN4O/c1-2-3-4-7-16-31-25-13-5-6-14-26(25)32(27(31)33)17-9-8-15-29-18-20-30(21-19-29)24-12-10-11-23(28)22-24/h5-6,10-14,22H,2-4,7-9,15-21H2,1H3. The molecule has 0 spiro atoms. The van der Waals surface area contributed by atoms with E-state index in [1.807, 2.05) is 33.4 Å². The lowest BCUT2D eigenvalue weighted by molar-refractivity contribution is 0.251. The molecule has 5 nitrogen and oxygen atoms in total. The van der Waals surface area contributed by atoms with Gasteiger partial charge in [-0.1, -0.05) is 56.0 Å². The Hall–Kier alpha value is -2.24. The Morgan fingerprint density at radius 2 is 1.39 bits per heavy atom. The van der Waals surface area contributed by atoms with E-state index in [0.717, 1.165) is 81.1 Å². The minimum absolute atomic E-state index is 0.155. The number of aryl methyl sites for hydroxylation is 2. The van der Waals surface area contributed by atoms with E-state index >= 15 is 0 Å². The Bertz CT molecular complexity index is 1080. The van der Waals surface area contributed by atoms with Gasteiger partial charge < -0.3 is 4.90 Å². The first kappa shape index (κ1) is 23.9. The largest absolute Gasteiger partial charge is 0.369 e. The highest BCUT2D eigenvalue weighted by atomic mass is 35.5. The highest BCUT2D eigenvalue weighted by molar-refractivity contribution is 6.30. The van der Waals surface area contributed by atoms with Crippen LogP contribution in [0, 0.1) is 0 Å². The molecule has 0 N–H and O–H groups in total. The maximum Gasteiger partial charge on any atom is 0.329 e. The quantitative estimate of drug-likeness (QED) is 0.341. The van der Waals surface area contributed by atoms with Gasteiger partial charge in [-0.3, -0.25) is 14.0 Å². The molecule has 2 heterocycles. The molecule has 0 saturated carbocycles. The molecule has 178 valence electrons. The summed E-state index contributed by atoms with van der Waals surface area (Å²) >= 11 is 6.15. The summed E-state index contributed by atoms with van der Waals surface area (Å²) in [6.07, 6.45) is 6.85. The lowest BCUT2D eigenvalue weighted by Crippen LogP contribution is -2.46. The van der Waals surface area contributed by atoms with Crippen molar-refractivity contribution in [2.45, 2.75) is 58.5 Å². The molecule has 0 atom stereocenters. The third-order valence-corrected chi connectivity index (χ3v) is 7.05. The monoisotopic (exact) mass is 468 g/mol. The summed E-state index contributed by atoms with van der Waals surface area (Å²) < 4.78 is 3.98. The molecular formula is C27H37ClN4O. The maximum absolute atomic E-state index is 13.1. The SMILES string of the molecule is CCCCCCn1c(=O)n(CCCCN2CCN(c3cccc(Cl)c3)CC2)c2ccccc21. The van der Waals surface area contributed by atoms with Crippen molar-refractivity contribution in [1.82, 2.24) is 14.0 Å². The number of benzene rings is 2. The molecule has 0 amide bonds. The van der Waals surface area contributed by atoms with Crippen molar-refractivity contribution >= 4 is 28.3 Å². The molecule has 0 unspecified atom stereocenters. The Kier molecular flexibility index (Phi) is 8.51. The maximum atomic E-state index is 13.1. The van der Waals surface area contributed by atoms with Gasteiger partial charge in [-0.2, -0.15) is 0 Å². The van der Waals surface area contributed by atoms with E-state index < -0.39 is 0 Å². The highest BCUT2D eigenvalue weighted by Gasteiger charge is 2.17. The Morgan fingerprint density at radius 1 is 0.758 bits per heavy atom. The van der Waals surface area contributed by atoms with Crippen LogP contribution in [0.4, 0.5) is 5.69 Å². The number of anilines is 1. The van der Waals surface area contributed by atoms with Crippen molar-refractivity contribution in [1.29, 1.82) is 0 Å². The van der Waals surface area contributed by atoms with Crippen LogP contribution in [0.5, 0.6) is 0 Å². The molecule has 0 radical (unpaired) electrons. The minimum atomic E-state index is 0.155. The van der Waals surface area contributed by atoms with Crippen molar-refractivity contribution in [2.24, 2.45) is 0 Å². The van der Waals surface area contributed by atoms with Crippen LogP contribution in [0.3, 0.4) is 0 Å². The van der Waals surface area contributed by atoms with Crippen LogP contribution in [-0.4, -0.2) is 46.8 Å². The van der Waals surface area contributed by atoms with E-state index in [-0.39, 0.29) is 5.69 Å². The predicted octanol–water partition coefficient (Wildman–Crippen LogP) is 5.64. The molecule has 1 saturated heterocycles. The van der Waals surface area contributed by atoms with E-state index in [0.29, 0.717) is 0 Å². The summed E-state index contributed by atoms with van der Waals surface area (Å²) in [6, 6.07) is 16.4. The van der Waals surface area contributed by atoms with Crippen LogP contribution in [0.1, 0.15) is 45.4 Å². The summed E-state index contributed by atoms with van der Waals surface area (Å²) in [5, 5.41) is 0.799. The van der Waals surface area contributed by atoms with Gasteiger partial charge in [0.2, 0.25) is 0 Å². The number of para-hydroxylation sites is 2. The number of halogens is 1. The van der Waals surface area contributed by atoms with Gasteiger partial charge in [-0.15, -0.1) is 0 Å². The molecule has 1 aliphatic rings. The average molecular weight is 469 g/mol. The van der Waals surface area contributed by atoms with Gasteiger partial charge in [-0.05, 0) is 56.1 Å². The molecule has 1 aromatic heterocycles. The van der Waals surface area contributed by atoms with Gasteiger partial charge in [0, 0.05) is 50.0 Å². The number of fused-ring (bicyclic) bond motifs is 1. The zero-order valence-electron chi connectivity index (χ0n) is 19.9. The fourth-order valence-electron chi connectivity index (χ4n) is 4.91. The number of unbranched alkanes of at least 4 members (excludes halogenated alkanes) is 4. The Morgan fingerprint density at radius 3 is 2.03 bits per heavy atom. The number of imidazole rings is 1. The number of nitrogens with zero attached hydrogens (tertiary/aromatic N) is 4. The predicted molar refractivity (Wildman–Crippen MR) is 140 cm³/mol. The second-order valence-electron chi connectivity index (χ2n) is 9.15. The molecule has 0 bridgehead atoms. The number of aromatic nitrogens is 2. The zero-order valence-corrected chi connectivity index (χ0v) is 20.6. The van der Waals surface area contributed by atoms with E-state index in [4.69, 9.17) is 11.6 Å². The molecule has 0 aliphatic carbocycles. The second kappa shape index (κ2) is 11.8. The van der Waals surface area contributed by atoms with Crippen LogP contribution in [0.2, 0.25) is 5.02 Å². The Balaban J connectivity index is 1.27. The van der Waals surface area contributed by atoms with Gasteiger partial charge in [0.05, 0.1) is 11.0 Å². The van der Waals surface area contributed by atoms with Crippen LogP contribution in [0.25, 0.3) is 11.0 Å². The van der Waals surface area contributed by atoms with Crippen molar-refractivity contribution in [3.05, 3.63) is 64.0 Å². The topological polar surface area (TPSA) is 33.4 Å². The first-order valence-corrected chi connectivity index (χ1v) is 13.0. The third kappa shape index (κ3) is 6.01. The van der Waals surface area contributed by atoms with E-state index in [1.165, 1.54) is 24.9 Å². The fourth-order valence-corrected chi connectivity index (χ4v) is 5.09. The highest BCUT2D eigenvalue weighted by Crippen LogP contribution is 2.21. The van der Waals surface area contributed by atoms with E-state index in [2.05, 4.69) is 41.0 Å². The van der Waals surface area contributed by atoms with Crippen LogP contribution in [-0.2, 0) is 13.1 Å². The molecule has 33 heavy (non-hydrogen) atoms. The number of hydrogen-bond acceptors (Lipinski definition) is 3. The lowest BCUT2D eigenvalue weighted by Gasteiger charge is -2.36. The molecule has 2 aromatic carbocycles. The lowest BCUT2D eigenvalue weighted by atomic mass is 10.2.